The van der Waals surface area contributed by atoms with Crippen LogP contribution in [0.2, 0.25) is 0 Å². The number of likely N-dealkylation sites (tertiary alicyclic amines) is 1. The first-order valence-electron chi connectivity index (χ1n) is 8.84. The van der Waals surface area contributed by atoms with E-state index in [-0.39, 0.29) is 24.8 Å². The Morgan fingerprint density at radius 2 is 1.97 bits per heavy atom. The molecule has 2 aromatic heterocycles. The minimum Gasteiger partial charge on any atom is -0.329 e. The lowest BCUT2D eigenvalue weighted by Gasteiger charge is -2.26. The highest BCUT2D eigenvalue weighted by atomic mass is 32.1. The van der Waals surface area contributed by atoms with E-state index in [0.717, 1.165) is 9.47 Å². The van der Waals surface area contributed by atoms with Crippen molar-refractivity contribution in [1.29, 1.82) is 0 Å². The van der Waals surface area contributed by atoms with Crippen LogP contribution in [0.25, 0.3) is 21.3 Å². The van der Waals surface area contributed by atoms with Gasteiger partial charge in [0.05, 0.1) is 11.7 Å². The average molecular weight is 425 g/mol. The van der Waals surface area contributed by atoms with Crippen molar-refractivity contribution in [1.82, 2.24) is 14.5 Å². The van der Waals surface area contributed by atoms with Crippen LogP contribution in [0.3, 0.4) is 0 Å². The van der Waals surface area contributed by atoms with Gasteiger partial charge in [0, 0.05) is 17.5 Å². The number of nitrogens with zero attached hydrogens (tertiary/aromatic N) is 3. The molecule has 1 aliphatic rings. The minimum atomic E-state index is -4.50. The fourth-order valence-electron chi connectivity index (χ4n) is 3.56. The lowest BCUT2D eigenvalue weighted by Crippen LogP contribution is -2.46. The van der Waals surface area contributed by atoms with Gasteiger partial charge in [0.25, 0.3) is 5.56 Å². The first-order valence-corrected chi connectivity index (χ1v) is 9.72. The summed E-state index contributed by atoms with van der Waals surface area (Å²) in [7, 11) is 0. The molecule has 3 heterocycles. The topological polar surface area (TPSA) is 55.2 Å². The zero-order valence-corrected chi connectivity index (χ0v) is 15.8. The van der Waals surface area contributed by atoms with Gasteiger partial charge in [-0.1, -0.05) is 12.1 Å². The van der Waals surface area contributed by atoms with Crippen LogP contribution in [0.1, 0.15) is 12.8 Å². The van der Waals surface area contributed by atoms with Gasteiger partial charge < -0.3 is 4.90 Å². The Kier molecular flexibility index (Phi) is 4.89. The first kappa shape index (κ1) is 19.6. The molecule has 0 saturated carbocycles. The van der Waals surface area contributed by atoms with E-state index in [1.165, 1.54) is 41.9 Å². The van der Waals surface area contributed by atoms with Crippen LogP contribution < -0.4 is 5.56 Å². The van der Waals surface area contributed by atoms with E-state index in [0.29, 0.717) is 16.0 Å². The van der Waals surface area contributed by atoms with Crippen LogP contribution in [0.15, 0.2) is 40.8 Å². The summed E-state index contributed by atoms with van der Waals surface area (Å²) in [5.41, 5.74) is 0.627. The second-order valence-corrected chi connectivity index (χ2v) is 7.66. The van der Waals surface area contributed by atoms with Gasteiger partial charge in [-0.05, 0) is 30.5 Å². The fraction of sp³-hybridized carbons (Fsp3) is 0.316. The molecule has 5 nitrogen and oxygen atoms in total. The molecule has 0 bridgehead atoms. The fourth-order valence-corrected chi connectivity index (χ4v) is 4.47. The van der Waals surface area contributed by atoms with Gasteiger partial charge in [0.1, 0.15) is 23.2 Å². The molecule has 1 aromatic carbocycles. The predicted molar refractivity (Wildman–Crippen MR) is 100 cm³/mol. The summed E-state index contributed by atoms with van der Waals surface area (Å²) in [6.07, 6.45) is -3.20. The zero-order chi connectivity index (χ0) is 20.8. The van der Waals surface area contributed by atoms with Crippen LogP contribution in [0.4, 0.5) is 17.6 Å². The monoisotopic (exact) mass is 425 g/mol. The van der Waals surface area contributed by atoms with Crippen molar-refractivity contribution in [2.45, 2.75) is 31.6 Å². The average Bonchev–Trinajstić information content (AvgIpc) is 3.32. The SMILES string of the molecule is O=C(Cn1cnc2scc(-c3ccc(F)cc3)c2c1=O)N1CCCC1C(F)(F)F. The number of carbonyl (C=O) groups excluding carboxylic acids is 1. The van der Waals surface area contributed by atoms with E-state index in [2.05, 4.69) is 4.98 Å². The molecule has 10 heteroatoms. The molecule has 0 N–H and O–H groups in total. The highest BCUT2D eigenvalue weighted by Crippen LogP contribution is 2.33. The van der Waals surface area contributed by atoms with Crippen LogP contribution >= 0.6 is 11.3 Å². The number of alkyl halides is 3. The van der Waals surface area contributed by atoms with E-state index in [9.17, 15) is 27.2 Å². The highest BCUT2D eigenvalue weighted by Gasteiger charge is 2.47. The van der Waals surface area contributed by atoms with Gasteiger partial charge in [-0.25, -0.2) is 9.37 Å². The Balaban J connectivity index is 1.68. The second-order valence-electron chi connectivity index (χ2n) is 6.80. The molecule has 1 fully saturated rings. The summed E-state index contributed by atoms with van der Waals surface area (Å²) in [5.74, 6) is -1.19. The van der Waals surface area contributed by atoms with E-state index in [1.54, 1.807) is 5.38 Å². The van der Waals surface area contributed by atoms with Crippen molar-refractivity contribution in [3.05, 3.63) is 52.1 Å². The van der Waals surface area contributed by atoms with Crippen LogP contribution in [-0.2, 0) is 11.3 Å². The Morgan fingerprint density at radius 3 is 2.66 bits per heavy atom. The van der Waals surface area contributed by atoms with Crippen LogP contribution in [0, 0.1) is 5.82 Å². The molecule has 1 saturated heterocycles. The van der Waals surface area contributed by atoms with Gasteiger partial charge in [0.2, 0.25) is 5.91 Å². The van der Waals surface area contributed by atoms with E-state index in [1.807, 2.05) is 0 Å². The molecule has 152 valence electrons. The third-order valence-corrected chi connectivity index (χ3v) is 5.86. The molecule has 0 aliphatic carbocycles. The number of hydrogen-bond acceptors (Lipinski definition) is 4. The largest absolute Gasteiger partial charge is 0.408 e. The number of hydrogen-bond donors (Lipinski definition) is 0. The quantitative estimate of drug-likeness (QED) is 0.600. The molecular weight excluding hydrogens is 410 g/mol. The molecular formula is C19H15F4N3O2S. The van der Waals surface area contributed by atoms with Crippen LogP contribution in [-0.4, -0.2) is 39.1 Å². The second kappa shape index (κ2) is 7.25. The summed E-state index contributed by atoms with van der Waals surface area (Å²) < 4.78 is 53.6. The Morgan fingerprint density at radius 1 is 1.24 bits per heavy atom. The molecule has 1 amide bonds. The number of aromatic nitrogens is 2. The molecule has 0 spiro atoms. The third kappa shape index (κ3) is 3.64. The number of fused-ring (bicyclic) bond motifs is 1. The molecule has 3 aromatic rings. The van der Waals surface area contributed by atoms with Gasteiger partial charge in [-0.3, -0.25) is 14.2 Å². The summed E-state index contributed by atoms with van der Waals surface area (Å²) >= 11 is 1.22. The van der Waals surface area contributed by atoms with Crippen molar-refractivity contribution < 1.29 is 22.4 Å². The maximum atomic E-state index is 13.2. The Bertz CT molecular complexity index is 1120. The van der Waals surface area contributed by atoms with Gasteiger partial charge in [-0.2, -0.15) is 13.2 Å². The molecule has 1 unspecified atom stereocenters. The lowest BCUT2D eigenvalue weighted by atomic mass is 10.1. The number of rotatable bonds is 3. The maximum Gasteiger partial charge on any atom is 0.408 e. The normalized spacial score (nSPS) is 17.2. The Hall–Kier alpha value is -2.75. The van der Waals surface area contributed by atoms with Gasteiger partial charge >= 0.3 is 6.18 Å². The smallest absolute Gasteiger partial charge is 0.329 e. The summed E-state index contributed by atoms with van der Waals surface area (Å²) in [6.45, 7) is -0.514. The van der Waals surface area contributed by atoms with Crippen LogP contribution in [0.5, 0.6) is 0 Å². The predicted octanol–water partition coefficient (Wildman–Crippen LogP) is 3.82. The van der Waals surface area contributed by atoms with E-state index >= 15 is 0 Å². The van der Waals surface area contributed by atoms with Crippen molar-refractivity contribution in [3.8, 4) is 11.1 Å². The summed E-state index contributed by atoms with van der Waals surface area (Å²) in [4.78, 5) is 30.8. The lowest BCUT2D eigenvalue weighted by molar-refractivity contribution is -0.183. The zero-order valence-electron chi connectivity index (χ0n) is 14.9. The number of carbonyl (C=O) groups is 1. The number of halogens is 4. The molecule has 4 rings (SSSR count). The maximum absolute atomic E-state index is 13.2. The number of amides is 1. The highest BCUT2D eigenvalue weighted by molar-refractivity contribution is 7.17. The molecule has 0 radical (unpaired) electrons. The summed E-state index contributed by atoms with van der Waals surface area (Å²) in [6, 6.07) is 3.76. The van der Waals surface area contributed by atoms with Crippen molar-refractivity contribution >= 4 is 27.5 Å². The van der Waals surface area contributed by atoms with Crippen molar-refractivity contribution in [2.24, 2.45) is 0 Å². The Labute approximate surface area is 166 Å². The minimum absolute atomic E-state index is 0.00666. The third-order valence-electron chi connectivity index (χ3n) is 4.97. The van der Waals surface area contributed by atoms with E-state index < -0.39 is 36.0 Å². The molecule has 1 aliphatic heterocycles. The van der Waals surface area contributed by atoms with Gasteiger partial charge in [-0.15, -0.1) is 11.3 Å². The molecule has 29 heavy (non-hydrogen) atoms. The first-order chi connectivity index (χ1) is 13.8. The van der Waals surface area contributed by atoms with Gasteiger partial charge in [0.15, 0.2) is 0 Å². The standard InChI is InChI=1S/C19H15F4N3O2S/c20-12-5-3-11(4-6-12)13-9-29-17-16(13)18(28)25(10-24-17)8-15(27)26-7-1-2-14(26)19(21,22)23/h3-6,9-10,14H,1-2,7-8H2. The van der Waals surface area contributed by atoms with E-state index in [4.69, 9.17) is 0 Å². The summed E-state index contributed by atoms with van der Waals surface area (Å²) in [5, 5.41) is 1.96. The van der Waals surface area contributed by atoms with Crippen molar-refractivity contribution in [2.75, 3.05) is 6.54 Å². The van der Waals surface area contributed by atoms with Crippen molar-refractivity contribution in [3.63, 3.8) is 0 Å². The number of thiophene rings is 1. The molecule has 1 atom stereocenters. The number of benzene rings is 1.